The van der Waals surface area contributed by atoms with Gasteiger partial charge < -0.3 is 5.11 Å². The molecule has 2 rings (SSSR count). The molecule has 0 aliphatic carbocycles. The number of aromatic hydroxyl groups is 1. The minimum atomic E-state index is 0.223. The van der Waals surface area contributed by atoms with Crippen molar-refractivity contribution in [1.82, 2.24) is 4.98 Å². The molecule has 4 heteroatoms. The van der Waals surface area contributed by atoms with Gasteiger partial charge in [0.1, 0.15) is 11.8 Å². The first kappa shape index (κ1) is 12.5. The largest absolute Gasteiger partial charge is 0.508 e. The van der Waals surface area contributed by atoms with Crippen LogP contribution in [0.4, 0.5) is 0 Å². The Morgan fingerprint density at radius 2 is 2.06 bits per heavy atom. The molecule has 0 saturated carbocycles. The number of pyridine rings is 1. The van der Waals surface area contributed by atoms with Gasteiger partial charge in [-0.1, -0.05) is 17.8 Å². The molecule has 1 N–H and O–H groups in total. The molecule has 0 radical (unpaired) electrons. The van der Waals surface area contributed by atoms with Crippen molar-refractivity contribution in [3.05, 3.63) is 47.3 Å². The third kappa shape index (κ3) is 2.63. The van der Waals surface area contributed by atoms with Crippen molar-refractivity contribution in [2.45, 2.75) is 23.6 Å². The number of nitriles is 1. The molecule has 1 aromatic carbocycles. The second-order valence-corrected chi connectivity index (χ2v) is 5.05. The highest BCUT2D eigenvalue weighted by atomic mass is 32.2. The number of nitrogens with zero attached hydrogens (tertiary/aromatic N) is 2. The Labute approximate surface area is 110 Å². The minimum Gasteiger partial charge on any atom is -0.508 e. The monoisotopic (exact) mass is 256 g/mol. The van der Waals surface area contributed by atoms with Gasteiger partial charge in [-0.3, -0.25) is 4.98 Å². The fourth-order valence-electron chi connectivity index (χ4n) is 1.68. The third-order valence-electron chi connectivity index (χ3n) is 2.45. The normalized spacial score (nSPS) is 10.1. The highest BCUT2D eigenvalue weighted by Crippen LogP contribution is 2.33. The van der Waals surface area contributed by atoms with E-state index in [9.17, 15) is 10.4 Å². The predicted octanol–water partition coefficient (Wildman–Crippen LogP) is 3.43. The lowest BCUT2D eigenvalue weighted by Gasteiger charge is -2.07. The van der Waals surface area contributed by atoms with E-state index in [1.807, 2.05) is 26.0 Å². The summed E-state index contributed by atoms with van der Waals surface area (Å²) in [6, 6.07) is 11.1. The van der Waals surface area contributed by atoms with Gasteiger partial charge in [-0.25, -0.2) is 0 Å². The lowest BCUT2D eigenvalue weighted by molar-refractivity contribution is 0.474. The van der Waals surface area contributed by atoms with E-state index in [-0.39, 0.29) is 5.75 Å². The SMILES string of the molecule is Cc1cc(Sc2cccc(O)c2)c(C#N)c(C)n1. The maximum atomic E-state index is 9.44. The molecule has 1 aromatic heterocycles. The van der Waals surface area contributed by atoms with Crippen LogP contribution in [-0.2, 0) is 0 Å². The van der Waals surface area contributed by atoms with Crippen LogP contribution in [-0.4, -0.2) is 10.1 Å². The summed E-state index contributed by atoms with van der Waals surface area (Å²) in [7, 11) is 0. The van der Waals surface area contributed by atoms with E-state index in [2.05, 4.69) is 11.1 Å². The predicted molar refractivity (Wildman–Crippen MR) is 70.7 cm³/mol. The molecular weight excluding hydrogens is 244 g/mol. The van der Waals surface area contributed by atoms with Crippen LogP contribution in [0.25, 0.3) is 0 Å². The van der Waals surface area contributed by atoms with Crippen LogP contribution in [0.1, 0.15) is 17.0 Å². The van der Waals surface area contributed by atoms with Crippen molar-refractivity contribution in [3.63, 3.8) is 0 Å². The van der Waals surface area contributed by atoms with Crippen LogP contribution in [0.2, 0.25) is 0 Å². The first-order valence-electron chi connectivity index (χ1n) is 5.45. The van der Waals surface area contributed by atoms with Crippen molar-refractivity contribution in [2.24, 2.45) is 0 Å². The Bertz CT molecular complexity index is 632. The van der Waals surface area contributed by atoms with Gasteiger partial charge in [0.25, 0.3) is 0 Å². The summed E-state index contributed by atoms with van der Waals surface area (Å²) in [6.07, 6.45) is 0. The van der Waals surface area contributed by atoms with Gasteiger partial charge in [0.05, 0.1) is 11.3 Å². The standard InChI is InChI=1S/C14H12N2OS/c1-9-6-14(13(8-15)10(2)16-9)18-12-5-3-4-11(17)7-12/h3-7,17H,1-2H3. The molecule has 0 saturated heterocycles. The quantitative estimate of drug-likeness (QED) is 0.894. The summed E-state index contributed by atoms with van der Waals surface area (Å²) in [4.78, 5) is 6.05. The van der Waals surface area contributed by atoms with Gasteiger partial charge in [-0.05, 0) is 38.1 Å². The van der Waals surface area contributed by atoms with Crippen LogP contribution >= 0.6 is 11.8 Å². The zero-order valence-corrected chi connectivity index (χ0v) is 11.0. The van der Waals surface area contributed by atoms with E-state index in [4.69, 9.17) is 0 Å². The summed E-state index contributed by atoms with van der Waals surface area (Å²) in [5.41, 5.74) is 2.21. The van der Waals surface area contributed by atoms with Gasteiger partial charge in [0.15, 0.2) is 0 Å². The first-order chi connectivity index (χ1) is 8.60. The average molecular weight is 256 g/mol. The Hall–Kier alpha value is -1.99. The molecule has 3 nitrogen and oxygen atoms in total. The van der Waals surface area contributed by atoms with E-state index in [1.54, 1.807) is 18.2 Å². The minimum absolute atomic E-state index is 0.223. The van der Waals surface area contributed by atoms with Gasteiger partial charge >= 0.3 is 0 Å². The van der Waals surface area contributed by atoms with Crippen molar-refractivity contribution in [1.29, 1.82) is 5.26 Å². The summed E-state index contributed by atoms with van der Waals surface area (Å²) in [5.74, 6) is 0.223. The van der Waals surface area contributed by atoms with Gasteiger partial charge in [-0.15, -0.1) is 0 Å². The molecule has 0 amide bonds. The number of hydrogen-bond acceptors (Lipinski definition) is 4. The van der Waals surface area contributed by atoms with Gasteiger partial charge in [0, 0.05) is 15.5 Å². The zero-order valence-electron chi connectivity index (χ0n) is 10.1. The van der Waals surface area contributed by atoms with E-state index in [0.717, 1.165) is 21.2 Å². The lowest BCUT2D eigenvalue weighted by Crippen LogP contribution is -1.93. The molecule has 2 aromatic rings. The molecule has 1 heterocycles. The summed E-state index contributed by atoms with van der Waals surface area (Å²) in [5, 5.41) is 18.6. The molecule has 0 aliphatic heterocycles. The maximum Gasteiger partial charge on any atom is 0.116 e. The van der Waals surface area contributed by atoms with Crippen LogP contribution in [0.3, 0.4) is 0 Å². The van der Waals surface area contributed by atoms with Crippen LogP contribution in [0, 0.1) is 25.2 Å². The van der Waals surface area contributed by atoms with Crippen molar-refractivity contribution in [2.75, 3.05) is 0 Å². The van der Waals surface area contributed by atoms with Gasteiger partial charge in [-0.2, -0.15) is 5.26 Å². The summed E-state index contributed by atoms with van der Waals surface area (Å²) >= 11 is 1.46. The molecule has 18 heavy (non-hydrogen) atoms. The number of hydrogen-bond donors (Lipinski definition) is 1. The topological polar surface area (TPSA) is 56.9 Å². The molecule has 0 unspecified atom stereocenters. The van der Waals surface area contributed by atoms with Gasteiger partial charge in [0.2, 0.25) is 0 Å². The Balaban J connectivity index is 2.43. The van der Waals surface area contributed by atoms with Crippen molar-refractivity contribution >= 4 is 11.8 Å². The van der Waals surface area contributed by atoms with E-state index < -0.39 is 0 Å². The van der Waals surface area contributed by atoms with E-state index >= 15 is 0 Å². The van der Waals surface area contributed by atoms with Crippen LogP contribution < -0.4 is 0 Å². The van der Waals surface area contributed by atoms with Crippen molar-refractivity contribution in [3.8, 4) is 11.8 Å². The second kappa shape index (κ2) is 5.11. The summed E-state index contributed by atoms with van der Waals surface area (Å²) < 4.78 is 0. The Morgan fingerprint density at radius 3 is 2.72 bits per heavy atom. The number of phenols is 1. The smallest absolute Gasteiger partial charge is 0.116 e. The molecule has 90 valence electrons. The first-order valence-corrected chi connectivity index (χ1v) is 6.27. The molecule has 0 spiro atoms. The highest BCUT2D eigenvalue weighted by molar-refractivity contribution is 7.99. The van der Waals surface area contributed by atoms with E-state index in [0.29, 0.717) is 5.56 Å². The second-order valence-electron chi connectivity index (χ2n) is 3.93. The maximum absolute atomic E-state index is 9.44. The Kier molecular flexibility index (Phi) is 3.54. The fourth-order valence-corrected chi connectivity index (χ4v) is 2.79. The molecule has 0 bridgehead atoms. The zero-order chi connectivity index (χ0) is 13.1. The van der Waals surface area contributed by atoms with Crippen LogP contribution in [0.15, 0.2) is 40.1 Å². The van der Waals surface area contributed by atoms with Crippen LogP contribution in [0.5, 0.6) is 5.75 Å². The molecule has 0 atom stereocenters. The fraction of sp³-hybridized carbons (Fsp3) is 0.143. The number of aryl methyl sites for hydroxylation is 2. The number of rotatable bonds is 2. The number of aromatic nitrogens is 1. The Morgan fingerprint density at radius 1 is 1.28 bits per heavy atom. The average Bonchev–Trinajstić information content (AvgIpc) is 2.28. The summed E-state index contributed by atoms with van der Waals surface area (Å²) in [6.45, 7) is 3.73. The highest BCUT2D eigenvalue weighted by Gasteiger charge is 2.09. The molecule has 0 fully saturated rings. The van der Waals surface area contributed by atoms with E-state index in [1.165, 1.54) is 11.8 Å². The number of phenolic OH excluding ortho intramolecular Hbond substituents is 1. The number of benzene rings is 1. The molecule has 0 aliphatic rings. The molecular formula is C14H12N2OS. The lowest BCUT2D eigenvalue weighted by atomic mass is 10.2. The third-order valence-corrected chi connectivity index (χ3v) is 3.48. The van der Waals surface area contributed by atoms with Crippen molar-refractivity contribution < 1.29 is 5.11 Å².